The largest absolute Gasteiger partial charge is 0.497 e. The molecule has 1 heterocycles. The second kappa shape index (κ2) is 8.82. The van der Waals surface area contributed by atoms with Gasteiger partial charge in [-0.2, -0.15) is 13.2 Å². The molecule has 0 bridgehead atoms. The molecule has 0 saturated heterocycles. The third kappa shape index (κ3) is 4.49. The van der Waals surface area contributed by atoms with Gasteiger partial charge in [0.1, 0.15) is 5.75 Å². The number of urea groups is 1. The molecule has 0 aliphatic carbocycles. The van der Waals surface area contributed by atoms with Gasteiger partial charge < -0.3 is 15.0 Å². The third-order valence-electron chi connectivity index (χ3n) is 5.34. The van der Waals surface area contributed by atoms with Crippen LogP contribution in [0.1, 0.15) is 11.1 Å². The molecule has 1 aliphatic rings. The first kappa shape index (κ1) is 21.5. The molecular formula is C24H22F3N3O2. The first-order valence-corrected chi connectivity index (χ1v) is 10.1. The fraction of sp³-hybridized carbons (Fsp3) is 0.208. The molecule has 0 radical (unpaired) electrons. The first-order valence-electron chi connectivity index (χ1n) is 10.1. The molecule has 0 saturated carbocycles. The highest BCUT2D eigenvalue weighted by atomic mass is 19.4. The number of para-hydroxylation sites is 1. The highest BCUT2D eigenvalue weighted by molar-refractivity contribution is 6.05. The van der Waals surface area contributed by atoms with Crippen molar-refractivity contribution >= 4 is 23.1 Å². The van der Waals surface area contributed by atoms with Crippen LogP contribution in [0.15, 0.2) is 72.8 Å². The number of fused-ring (bicyclic) bond motifs is 1. The first-order chi connectivity index (χ1) is 15.4. The van der Waals surface area contributed by atoms with E-state index < -0.39 is 17.8 Å². The van der Waals surface area contributed by atoms with Crippen LogP contribution in [0.2, 0.25) is 0 Å². The zero-order valence-electron chi connectivity index (χ0n) is 17.4. The van der Waals surface area contributed by atoms with Gasteiger partial charge in [0.05, 0.1) is 29.7 Å². The Hall–Kier alpha value is -3.68. The summed E-state index contributed by atoms with van der Waals surface area (Å²) >= 11 is 0. The van der Waals surface area contributed by atoms with Crippen LogP contribution < -0.4 is 19.9 Å². The lowest BCUT2D eigenvalue weighted by Gasteiger charge is -2.38. The number of carbonyl (C=O) groups is 1. The van der Waals surface area contributed by atoms with Crippen molar-refractivity contribution in [3.8, 4) is 5.75 Å². The molecule has 1 N–H and O–H groups in total. The fourth-order valence-corrected chi connectivity index (χ4v) is 3.77. The van der Waals surface area contributed by atoms with Crippen molar-refractivity contribution in [1.82, 2.24) is 0 Å². The van der Waals surface area contributed by atoms with E-state index in [9.17, 15) is 18.0 Å². The van der Waals surface area contributed by atoms with E-state index in [0.717, 1.165) is 17.3 Å². The molecule has 2 amide bonds. The maximum Gasteiger partial charge on any atom is 0.418 e. The topological polar surface area (TPSA) is 44.8 Å². The Morgan fingerprint density at radius 2 is 1.69 bits per heavy atom. The normalized spacial score (nSPS) is 13.5. The van der Waals surface area contributed by atoms with E-state index in [1.165, 1.54) is 23.1 Å². The predicted octanol–water partition coefficient (Wildman–Crippen LogP) is 5.77. The van der Waals surface area contributed by atoms with Crippen molar-refractivity contribution in [2.24, 2.45) is 0 Å². The van der Waals surface area contributed by atoms with Crippen molar-refractivity contribution in [3.63, 3.8) is 0 Å². The monoisotopic (exact) mass is 441 g/mol. The summed E-state index contributed by atoms with van der Waals surface area (Å²) in [5, 5.41) is 2.44. The number of methoxy groups -OCH3 is 1. The summed E-state index contributed by atoms with van der Waals surface area (Å²) in [4.78, 5) is 16.6. The molecule has 0 aromatic heterocycles. The zero-order chi connectivity index (χ0) is 22.7. The standard InChI is InChI=1S/C24H22F3N3O2/c1-32-18-11-12-21-22(15-18)29(16-17-7-3-2-4-8-17)13-14-30(21)23(31)28-20-10-6-5-9-19(20)24(25,26)27/h2-12,15H,13-14,16H2,1H3,(H,28,31). The van der Waals surface area contributed by atoms with E-state index in [1.54, 1.807) is 19.2 Å². The Morgan fingerprint density at radius 1 is 0.969 bits per heavy atom. The van der Waals surface area contributed by atoms with Crippen LogP contribution in [-0.4, -0.2) is 26.2 Å². The summed E-state index contributed by atoms with van der Waals surface area (Å²) in [6.45, 7) is 1.48. The number of alkyl halides is 3. The summed E-state index contributed by atoms with van der Waals surface area (Å²) in [5.41, 5.74) is 1.34. The highest BCUT2D eigenvalue weighted by Gasteiger charge is 2.34. The van der Waals surface area contributed by atoms with E-state index in [1.807, 2.05) is 36.4 Å². The Bertz CT molecular complexity index is 1100. The van der Waals surface area contributed by atoms with Gasteiger partial charge in [-0.05, 0) is 29.8 Å². The van der Waals surface area contributed by atoms with Gasteiger partial charge in [-0.3, -0.25) is 4.90 Å². The van der Waals surface area contributed by atoms with Gasteiger partial charge in [0, 0.05) is 25.7 Å². The molecule has 0 spiro atoms. The Labute approximate surface area is 184 Å². The quantitative estimate of drug-likeness (QED) is 0.559. The summed E-state index contributed by atoms with van der Waals surface area (Å²) in [6, 6.07) is 19.6. The maximum absolute atomic E-state index is 13.3. The number of carbonyl (C=O) groups excluding carboxylic acids is 1. The summed E-state index contributed by atoms with van der Waals surface area (Å²) < 4.78 is 45.4. The molecule has 3 aromatic carbocycles. The number of nitrogens with zero attached hydrogens (tertiary/aromatic N) is 2. The Kier molecular flexibility index (Phi) is 5.94. The molecule has 4 rings (SSSR count). The molecule has 5 nitrogen and oxygen atoms in total. The number of nitrogens with one attached hydrogen (secondary N) is 1. The van der Waals surface area contributed by atoms with Crippen LogP contribution >= 0.6 is 0 Å². The van der Waals surface area contributed by atoms with Crippen LogP contribution in [0.4, 0.5) is 35.0 Å². The lowest BCUT2D eigenvalue weighted by Crippen LogP contribution is -2.45. The van der Waals surface area contributed by atoms with E-state index in [2.05, 4.69) is 10.2 Å². The van der Waals surface area contributed by atoms with Gasteiger partial charge in [0.15, 0.2) is 0 Å². The van der Waals surface area contributed by atoms with Gasteiger partial charge in [-0.25, -0.2) is 4.79 Å². The SMILES string of the molecule is COc1ccc2c(c1)N(Cc1ccccc1)CCN2C(=O)Nc1ccccc1C(F)(F)F. The molecule has 0 atom stereocenters. The summed E-state index contributed by atoms with van der Waals surface area (Å²) in [5.74, 6) is 0.631. The van der Waals surface area contributed by atoms with Crippen molar-refractivity contribution in [1.29, 1.82) is 0 Å². The van der Waals surface area contributed by atoms with Crippen molar-refractivity contribution in [2.45, 2.75) is 12.7 Å². The second-order valence-electron chi connectivity index (χ2n) is 7.39. The van der Waals surface area contributed by atoms with E-state index in [-0.39, 0.29) is 5.69 Å². The number of halogens is 3. The zero-order valence-corrected chi connectivity index (χ0v) is 17.4. The Morgan fingerprint density at radius 3 is 2.41 bits per heavy atom. The summed E-state index contributed by atoms with van der Waals surface area (Å²) in [7, 11) is 1.56. The van der Waals surface area contributed by atoms with Gasteiger partial charge in [-0.1, -0.05) is 42.5 Å². The van der Waals surface area contributed by atoms with Crippen LogP contribution in [0, 0.1) is 0 Å². The van der Waals surface area contributed by atoms with Crippen molar-refractivity contribution in [3.05, 3.63) is 83.9 Å². The second-order valence-corrected chi connectivity index (χ2v) is 7.39. The van der Waals surface area contributed by atoms with Gasteiger partial charge >= 0.3 is 12.2 Å². The highest BCUT2D eigenvalue weighted by Crippen LogP contribution is 2.38. The molecule has 1 aliphatic heterocycles. The molecule has 166 valence electrons. The number of anilines is 3. The number of hydrogen-bond acceptors (Lipinski definition) is 3. The van der Waals surface area contributed by atoms with Crippen molar-refractivity contribution < 1.29 is 22.7 Å². The van der Waals surface area contributed by atoms with E-state index >= 15 is 0 Å². The minimum atomic E-state index is -4.57. The fourth-order valence-electron chi connectivity index (χ4n) is 3.77. The lowest BCUT2D eigenvalue weighted by atomic mass is 10.1. The molecular weight excluding hydrogens is 419 g/mol. The number of ether oxygens (including phenoxy) is 1. The Balaban J connectivity index is 1.63. The number of rotatable bonds is 4. The molecule has 8 heteroatoms. The van der Waals surface area contributed by atoms with Crippen LogP contribution in [0.25, 0.3) is 0 Å². The van der Waals surface area contributed by atoms with E-state index in [4.69, 9.17) is 4.74 Å². The minimum absolute atomic E-state index is 0.272. The molecule has 32 heavy (non-hydrogen) atoms. The van der Waals surface area contributed by atoms with Gasteiger partial charge in [0.2, 0.25) is 0 Å². The van der Waals surface area contributed by atoms with Gasteiger partial charge in [0.25, 0.3) is 0 Å². The summed E-state index contributed by atoms with van der Waals surface area (Å²) in [6.07, 6.45) is -4.57. The van der Waals surface area contributed by atoms with E-state index in [0.29, 0.717) is 31.1 Å². The van der Waals surface area contributed by atoms with Crippen LogP contribution in [-0.2, 0) is 12.7 Å². The van der Waals surface area contributed by atoms with Crippen LogP contribution in [0.3, 0.4) is 0 Å². The lowest BCUT2D eigenvalue weighted by molar-refractivity contribution is -0.136. The number of amides is 2. The van der Waals surface area contributed by atoms with Crippen LogP contribution in [0.5, 0.6) is 5.75 Å². The average Bonchev–Trinajstić information content (AvgIpc) is 2.79. The molecule has 0 unspecified atom stereocenters. The smallest absolute Gasteiger partial charge is 0.418 e. The van der Waals surface area contributed by atoms with Crippen molar-refractivity contribution in [2.75, 3.05) is 35.3 Å². The maximum atomic E-state index is 13.3. The van der Waals surface area contributed by atoms with Gasteiger partial charge in [-0.15, -0.1) is 0 Å². The third-order valence-corrected chi connectivity index (χ3v) is 5.34. The predicted molar refractivity (Wildman–Crippen MR) is 118 cm³/mol. The number of benzene rings is 3. The minimum Gasteiger partial charge on any atom is -0.497 e. The average molecular weight is 441 g/mol. The molecule has 0 fully saturated rings. The number of hydrogen-bond donors (Lipinski definition) is 1. The molecule has 3 aromatic rings.